The molecule has 0 aliphatic carbocycles. The topological polar surface area (TPSA) is 37.8 Å². The Labute approximate surface area is 115 Å². The van der Waals surface area contributed by atoms with Gasteiger partial charge in [-0.05, 0) is 38.4 Å². The molecule has 1 aromatic carbocycles. The summed E-state index contributed by atoms with van der Waals surface area (Å²) < 4.78 is 0. The summed E-state index contributed by atoms with van der Waals surface area (Å²) in [6, 6.07) is 8.52. The molecule has 3 nitrogen and oxygen atoms in total. The van der Waals surface area contributed by atoms with Gasteiger partial charge in [0, 0.05) is 12.4 Å². The van der Waals surface area contributed by atoms with E-state index in [1.165, 1.54) is 16.7 Å². The van der Waals surface area contributed by atoms with Crippen LogP contribution in [0.2, 0.25) is 0 Å². The van der Waals surface area contributed by atoms with Gasteiger partial charge in [-0.1, -0.05) is 36.2 Å². The molecule has 0 bridgehead atoms. The Morgan fingerprint density at radius 2 is 1.68 bits per heavy atom. The fraction of sp³-hybridized carbons (Fsp3) is 0.375. The van der Waals surface area contributed by atoms with Crippen LogP contribution in [0, 0.1) is 13.8 Å². The number of benzene rings is 1. The zero-order valence-corrected chi connectivity index (χ0v) is 11.9. The Bertz CT molecular complexity index is 503. The first-order valence-electron chi connectivity index (χ1n) is 6.79. The Morgan fingerprint density at radius 1 is 1.05 bits per heavy atom. The van der Waals surface area contributed by atoms with Gasteiger partial charge >= 0.3 is 0 Å². The van der Waals surface area contributed by atoms with Crippen LogP contribution in [0.25, 0.3) is 0 Å². The van der Waals surface area contributed by atoms with Crippen LogP contribution < -0.4 is 5.32 Å². The largest absolute Gasteiger partial charge is 0.304 e. The molecule has 19 heavy (non-hydrogen) atoms. The van der Waals surface area contributed by atoms with Gasteiger partial charge in [-0.3, -0.25) is 0 Å². The minimum absolute atomic E-state index is 0.0692. The van der Waals surface area contributed by atoms with E-state index >= 15 is 0 Å². The van der Waals surface area contributed by atoms with E-state index < -0.39 is 0 Å². The second-order valence-electron chi connectivity index (χ2n) is 4.92. The molecule has 1 atom stereocenters. The van der Waals surface area contributed by atoms with E-state index in [-0.39, 0.29) is 6.04 Å². The molecule has 0 radical (unpaired) electrons. The van der Waals surface area contributed by atoms with Gasteiger partial charge in [0.25, 0.3) is 0 Å². The lowest BCUT2D eigenvalue weighted by Gasteiger charge is -2.18. The Kier molecular flexibility index (Phi) is 4.63. The monoisotopic (exact) mass is 255 g/mol. The molecule has 1 heterocycles. The van der Waals surface area contributed by atoms with E-state index in [1.807, 2.05) is 6.07 Å². The molecule has 1 aromatic heterocycles. The van der Waals surface area contributed by atoms with E-state index in [0.717, 1.165) is 18.8 Å². The van der Waals surface area contributed by atoms with Gasteiger partial charge in [0.05, 0.1) is 6.04 Å². The number of aryl methyl sites for hydroxylation is 2. The van der Waals surface area contributed by atoms with E-state index in [4.69, 9.17) is 0 Å². The van der Waals surface area contributed by atoms with Crippen molar-refractivity contribution in [2.75, 3.05) is 6.54 Å². The lowest BCUT2D eigenvalue weighted by Crippen LogP contribution is -2.25. The molecule has 1 unspecified atom stereocenters. The maximum absolute atomic E-state index is 4.39. The molecule has 0 spiro atoms. The number of hydrogen-bond acceptors (Lipinski definition) is 3. The van der Waals surface area contributed by atoms with Crippen molar-refractivity contribution in [3.8, 4) is 0 Å². The number of rotatable bonds is 5. The van der Waals surface area contributed by atoms with Crippen molar-refractivity contribution >= 4 is 0 Å². The van der Waals surface area contributed by atoms with Crippen LogP contribution in [0.1, 0.15) is 41.9 Å². The standard InChI is InChI=1S/C16H21N3/c1-4-6-17-15(16-18-7-5-8-19-16)14-10-12(2)9-13(3)11-14/h5,7-11,15,17H,4,6H2,1-3H3. The van der Waals surface area contributed by atoms with E-state index in [2.05, 4.69) is 54.3 Å². The van der Waals surface area contributed by atoms with Crippen molar-refractivity contribution in [3.05, 3.63) is 59.2 Å². The second-order valence-corrected chi connectivity index (χ2v) is 4.92. The zero-order valence-electron chi connectivity index (χ0n) is 11.9. The molecule has 3 heteroatoms. The lowest BCUT2D eigenvalue weighted by molar-refractivity contribution is 0.571. The van der Waals surface area contributed by atoms with Gasteiger partial charge in [0.1, 0.15) is 5.82 Å². The number of hydrogen-bond donors (Lipinski definition) is 1. The van der Waals surface area contributed by atoms with Crippen LogP contribution in [-0.4, -0.2) is 16.5 Å². The summed E-state index contributed by atoms with van der Waals surface area (Å²) in [5.41, 5.74) is 3.78. The Balaban J connectivity index is 2.36. The van der Waals surface area contributed by atoms with Crippen molar-refractivity contribution in [2.45, 2.75) is 33.2 Å². The normalized spacial score (nSPS) is 12.4. The van der Waals surface area contributed by atoms with Gasteiger partial charge in [0.15, 0.2) is 0 Å². The molecular weight excluding hydrogens is 234 g/mol. The molecule has 1 N–H and O–H groups in total. The van der Waals surface area contributed by atoms with Crippen molar-refractivity contribution in [2.24, 2.45) is 0 Å². The van der Waals surface area contributed by atoms with E-state index in [9.17, 15) is 0 Å². The minimum atomic E-state index is 0.0692. The molecule has 2 aromatic rings. The smallest absolute Gasteiger partial charge is 0.149 e. The molecule has 100 valence electrons. The van der Waals surface area contributed by atoms with Gasteiger partial charge < -0.3 is 5.32 Å². The van der Waals surface area contributed by atoms with Crippen LogP contribution in [0.5, 0.6) is 0 Å². The highest BCUT2D eigenvalue weighted by Gasteiger charge is 2.16. The van der Waals surface area contributed by atoms with Crippen LogP contribution in [0.3, 0.4) is 0 Å². The van der Waals surface area contributed by atoms with Gasteiger partial charge in [-0.25, -0.2) is 9.97 Å². The molecule has 0 saturated heterocycles. The van der Waals surface area contributed by atoms with Gasteiger partial charge in [-0.2, -0.15) is 0 Å². The zero-order chi connectivity index (χ0) is 13.7. The van der Waals surface area contributed by atoms with Crippen molar-refractivity contribution in [1.29, 1.82) is 0 Å². The molecule has 0 fully saturated rings. The van der Waals surface area contributed by atoms with Gasteiger partial charge in [0.2, 0.25) is 0 Å². The molecular formula is C16H21N3. The summed E-state index contributed by atoms with van der Waals surface area (Å²) in [5.74, 6) is 0.834. The Morgan fingerprint density at radius 3 is 2.26 bits per heavy atom. The van der Waals surface area contributed by atoms with Gasteiger partial charge in [-0.15, -0.1) is 0 Å². The maximum Gasteiger partial charge on any atom is 0.149 e. The first kappa shape index (κ1) is 13.7. The summed E-state index contributed by atoms with van der Waals surface area (Å²) in [4.78, 5) is 8.79. The number of nitrogens with zero attached hydrogens (tertiary/aromatic N) is 2. The summed E-state index contributed by atoms with van der Waals surface area (Å²) >= 11 is 0. The molecule has 0 aliphatic heterocycles. The summed E-state index contributed by atoms with van der Waals surface area (Å²) in [6.45, 7) is 7.37. The highest BCUT2D eigenvalue weighted by atomic mass is 15.0. The fourth-order valence-corrected chi connectivity index (χ4v) is 2.28. The van der Waals surface area contributed by atoms with Crippen LogP contribution in [-0.2, 0) is 0 Å². The Hall–Kier alpha value is -1.74. The predicted molar refractivity (Wildman–Crippen MR) is 78.1 cm³/mol. The second kappa shape index (κ2) is 6.43. The van der Waals surface area contributed by atoms with Crippen LogP contribution in [0.15, 0.2) is 36.7 Å². The van der Waals surface area contributed by atoms with Crippen molar-refractivity contribution in [1.82, 2.24) is 15.3 Å². The van der Waals surface area contributed by atoms with E-state index in [1.54, 1.807) is 12.4 Å². The van der Waals surface area contributed by atoms with E-state index in [0.29, 0.717) is 0 Å². The molecule has 0 aliphatic rings. The van der Waals surface area contributed by atoms with Crippen molar-refractivity contribution in [3.63, 3.8) is 0 Å². The van der Waals surface area contributed by atoms with Crippen LogP contribution in [0.4, 0.5) is 0 Å². The SMILES string of the molecule is CCCNC(c1cc(C)cc(C)c1)c1ncccn1. The summed E-state index contributed by atoms with van der Waals surface area (Å²) in [7, 11) is 0. The minimum Gasteiger partial charge on any atom is -0.304 e. The fourth-order valence-electron chi connectivity index (χ4n) is 2.28. The first-order chi connectivity index (χ1) is 9.20. The average Bonchev–Trinajstić information content (AvgIpc) is 2.39. The third-order valence-electron chi connectivity index (χ3n) is 3.02. The summed E-state index contributed by atoms with van der Waals surface area (Å²) in [6.07, 6.45) is 4.69. The third-order valence-corrected chi connectivity index (χ3v) is 3.02. The molecule has 2 rings (SSSR count). The maximum atomic E-state index is 4.39. The predicted octanol–water partition coefficient (Wildman–Crippen LogP) is 3.18. The first-order valence-corrected chi connectivity index (χ1v) is 6.79. The third kappa shape index (κ3) is 3.61. The number of aromatic nitrogens is 2. The average molecular weight is 255 g/mol. The van der Waals surface area contributed by atoms with Crippen molar-refractivity contribution < 1.29 is 0 Å². The quantitative estimate of drug-likeness (QED) is 0.891. The molecule has 0 saturated carbocycles. The highest BCUT2D eigenvalue weighted by Crippen LogP contribution is 2.21. The summed E-state index contributed by atoms with van der Waals surface area (Å²) in [5, 5.41) is 3.53. The van der Waals surface area contributed by atoms with Crippen LogP contribution >= 0.6 is 0 Å². The highest BCUT2D eigenvalue weighted by molar-refractivity contribution is 5.33. The molecule has 0 amide bonds. The lowest BCUT2D eigenvalue weighted by atomic mass is 10.0. The number of nitrogens with one attached hydrogen (secondary N) is 1.